The molecule has 0 unspecified atom stereocenters. The second kappa shape index (κ2) is 7.81. The Balaban J connectivity index is 1.80. The van der Waals surface area contributed by atoms with Crippen molar-refractivity contribution in [2.45, 2.75) is 39.0 Å². The molecule has 0 saturated carbocycles. The Morgan fingerprint density at radius 3 is 2.52 bits per heavy atom. The first-order chi connectivity index (χ1) is 10.8. The molecule has 0 aliphatic carbocycles. The van der Waals surface area contributed by atoms with E-state index in [1.54, 1.807) is 12.4 Å². The molecule has 2 heterocycles. The zero-order chi connectivity index (χ0) is 16.9. The number of hydrogen-bond acceptors (Lipinski definition) is 5. The molecule has 1 aliphatic rings. The van der Waals surface area contributed by atoms with Crippen molar-refractivity contribution in [2.75, 3.05) is 31.5 Å². The van der Waals surface area contributed by atoms with Gasteiger partial charge in [0, 0.05) is 18.9 Å². The monoisotopic (exact) mass is 332 g/mol. The number of rotatable bonds is 6. The number of piperidine rings is 1. The van der Waals surface area contributed by atoms with Crippen molar-refractivity contribution in [3.8, 4) is 5.88 Å². The Morgan fingerprint density at radius 2 is 1.91 bits per heavy atom. The average molecular weight is 332 g/mol. The molecule has 1 N–H and O–H groups in total. The van der Waals surface area contributed by atoms with Crippen molar-refractivity contribution < 1.29 is 17.9 Å². The molecule has 2 rings (SSSR count). The summed E-state index contributed by atoms with van der Waals surface area (Å²) in [6.45, 7) is 4.61. The third-order valence-electron chi connectivity index (χ3n) is 3.68. The zero-order valence-electron chi connectivity index (χ0n) is 13.4. The molecule has 0 radical (unpaired) electrons. The fourth-order valence-corrected chi connectivity index (χ4v) is 2.60. The summed E-state index contributed by atoms with van der Waals surface area (Å²) < 4.78 is 42.7. The van der Waals surface area contributed by atoms with Gasteiger partial charge in [0.1, 0.15) is 0 Å². The molecule has 0 bridgehead atoms. The van der Waals surface area contributed by atoms with E-state index >= 15 is 0 Å². The first-order valence-electron chi connectivity index (χ1n) is 7.84. The maximum atomic E-state index is 12.4. The summed E-state index contributed by atoms with van der Waals surface area (Å²) in [6.07, 6.45) is 0.513. The standard InChI is InChI=1S/C15H23F3N4O/c1-11(2)23-14-13(19-5-6-20-14)21-9-12-3-7-22(8-4-12)10-15(16,17)18/h5-6,11-12H,3-4,7-10H2,1-2H3,(H,19,21). The molecule has 1 aromatic rings. The predicted octanol–water partition coefficient (Wildman–Crippen LogP) is 2.95. The second-order valence-corrected chi connectivity index (χ2v) is 6.09. The highest BCUT2D eigenvalue weighted by Gasteiger charge is 2.32. The lowest BCUT2D eigenvalue weighted by atomic mass is 9.97. The largest absolute Gasteiger partial charge is 0.472 e. The molecule has 1 saturated heterocycles. The van der Waals surface area contributed by atoms with Crippen molar-refractivity contribution in [1.29, 1.82) is 0 Å². The second-order valence-electron chi connectivity index (χ2n) is 6.09. The van der Waals surface area contributed by atoms with E-state index < -0.39 is 12.7 Å². The van der Waals surface area contributed by atoms with Gasteiger partial charge in [-0.1, -0.05) is 0 Å². The molecule has 23 heavy (non-hydrogen) atoms. The van der Waals surface area contributed by atoms with E-state index in [1.165, 1.54) is 4.90 Å². The van der Waals surface area contributed by atoms with Gasteiger partial charge in [0.25, 0.3) is 5.88 Å². The van der Waals surface area contributed by atoms with Crippen LogP contribution in [0, 0.1) is 5.92 Å². The zero-order valence-corrected chi connectivity index (χ0v) is 13.4. The molecule has 5 nitrogen and oxygen atoms in total. The molecule has 0 aromatic carbocycles. The molecule has 1 aromatic heterocycles. The molecular formula is C15H23F3N4O. The smallest absolute Gasteiger partial charge is 0.401 e. The number of hydrogen-bond donors (Lipinski definition) is 1. The van der Waals surface area contributed by atoms with Crippen LogP contribution in [0.2, 0.25) is 0 Å². The Kier molecular flexibility index (Phi) is 6.04. The SMILES string of the molecule is CC(C)Oc1nccnc1NCC1CCN(CC(F)(F)F)CC1. The minimum atomic E-state index is -4.12. The van der Waals surface area contributed by atoms with Crippen LogP contribution in [-0.2, 0) is 0 Å². The van der Waals surface area contributed by atoms with Crippen LogP contribution in [0.25, 0.3) is 0 Å². The summed E-state index contributed by atoms with van der Waals surface area (Å²) in [5.74, 6) is 1.37. The van der Waals surface area contributed by atoms with Gasteiger partial charge in [0.05, 0.1) is 12.6 Å². The first-order valence-corrected chi connectivity index (χ1v) is 7.84. The lowest BCUT2D eigenvalue weighted by Crippen LogP contribution is -2.41. The van der Waals surface area contributed by atoms with E-state index in [9.17, 15) is 13.2 Å². The number of aromatic nitrogens is 2. The molecular weight excluding hydrogens is 309 g/mol. The van der Waals surface area contributed by atoms with E-state index in [4.69, 9.17) is 4.74 Å². The van der Waals surface area contributed by atoms with Gasteiger partial charge in [0.2, 0.25) is 0 Å². The fourth-order valence-electron chi connectivity index (χ4n) is 2.60. The minimum absolute atomic E-state index is 0.00198. The lowest BCUT2D eigenvalue weighted by Gasteiger charge is -2.32. The van der Waals surface area contributed by atoms with E-state index in [0.717, 1.165) is 12.8 Å². The van der Waals surface area contributed by atoms with Crippen LogP contribution < -0.4 is 10.1 Å². The van der Waals surface area contributed by atoms with Crippen molar-refractivity contribution >= 4 is 5.82 Å². The molecule has 1 aliphatic heterocycles. The van der Waals surface area contributed by atoms with Crippen molar-refractivity contribution in [1.82, 2.24) is 14.9 Å². The van der Waals surface area contributed by atoms with Crippen molar-refractivity contribution in [3.05, 3.63) is 12.4 Å². The fraction of sp³-hybridized carbons (Fsp3) is 0.733. The number of likely N-dealkylation sites (tertiary alicyclic amines) is 1. The highest BCUT2D eigenvalue weighted by Crippen LogP contribution is 2.24. The van der Waals surface area contributed by atoms with Crippen LogP contribution in [0.15, 0.2) is 12.4 Å². The third kappa shape index (κ3) is 6.21. The van der Waals surface area contributed by atoms with Crippen LogP contribution in [0.5, 0.6) is 5.88 Å². The summed E-state index contributed by atoms with van der Waals surface area (Å²) in [5, 5.41) is 3.21. The number of anilines is 1. The van der Waals surface area contributed by atoms with Gasteiger partial charge in [-0.2, -0.15) is 13.2 Å². The summed E-state index contributed by atoms with van der Waals surface area (Å²) in [5.41, 5.74) is 0. The maximum Gasteiger partial charge on any atom is 0.401 e. The molecule has 8 heteroatoms. The Hall–Kier alpha value is -1.57. The van der Waals surface area contributed by atoms with Crippen LogP contribution >= 0.6 is 0 Å². The minimum Gasteiger partial charge on any atom is -0.472 e. The van der Waals surface area contributed by atoms with E-state index in [0.29, 0.717) is 37.3 Å². The number of nitrogens with one attached hydrogen (secondary N) is 1. The third-order valence-corrected chi connectivity index (χ3v) is 3.68. The summed E-state index contributed by atoms with van der Waals surface area (Å²) in [7, 11) is 0. The van der Waals surface area contributed by atoms with Crippen molar-refractivity contribution in [3.63, 3.8) is 0 Å². The first kappa shape index (κ1) is 17.8. The van der Waals surface area contributed by atoms with Gasteiger partial charge in [-0.3, -0.25) is 4.90 Å². The Labute approximate surface area is 134 Å². The molecule has 0 amide bonds. The van der Waals surface area contributed by atoms with Gasteiger partial charge < -0.3 is 10.1 Å². The number of nitrogens with zero attached hydrogens (tertiary/aromatic N) is 3. The molecule has 1 fully saturated rings. The van der Waals surface area contributed by atoms with E-state index in [2.05, 4.69) is 15.3 Å². The van der Waals surface area contributed by atoms with Crippen LogP contribution in [0.4, 0.5) is 19.0 Å². The normalized spacial score (nSPS) is 17.5. The van der Waals surface area contributed by atoms with Gasteiger partial charge in [0.15, 0.2) is 5.82 Å². The van der Waals surface area contributed by atoms with Crippen LogP contribution in [0.1, 0.15) is 26.7 Å². The topological polar surface area (TPSA) is 50.3 Å². The van der Waals surface area contributed by atoms with Crippen LogP contribution in [-0.4, -0.2) is 53.3 Å². The van der Waals surface area contributed by atoms with E-state index in [1.807, 2.05) is 13.8 Å². The number of ether oxygens (including phenoxy) is 1. The Bertz CT molecular complexity index is 488. The lowest BCUT2D eigenvalue weighted by molar-refractivity contribution is -0.148. The maximum absolute atomic E-state index is 12.4. The number of alkyl halides is 3. The summed E-state index contributed by atoms with van der Waals surface area (Å²) in [4.78, 5) is 9.84. The molecule has 0 spiro atoms. The van der Waals surface area contributed by atoms with E-state index in [-0.39, 0.29) is 6.10 Å². The molecule has 130 valence electrons. The highest BCUT2D eigenvalue weighted by molar-refractivity contribution is 5.44. The summed E-state index contributed by atoms with van der Waals surface area (Å²) in [6, 6.07) is 0. The average Bonchev–Trinajstić information content (AvgIpc) is 2.46. The van der Waals surface area contributed by atoms with Crippen molar-refractivity contribution in [2.24, 2.45) is 5.92 Å². The van der Waals surface area contributed by atoms with Crippen LogP contribution in [0.3, 0.4) is 0 Å². The Morgan fingerprint density at radius 1 is 1.26 bits per heavy atom. The van der Waals surface area contributed by atoms with Gasteiger partial charge in [-0.05, 0) is 45.7 Å². The quantitative estimate of drug-likeness (QED) is 0.868. The predicted molar refractivity (Wildman–Crippen MR) is 81.5 cm³/mol. The summed E-state index contributed by atoms with van der Waals surface area (Å²) >= 11 is 0. The molecule has 0 atom stereocenters. The number of halogens is 3. The van der Waals surface area contributed by atoms with Gasteiger partial charge >= 0.3 is 6.18 Å². The highest BCUT2D eigenvalue weighted by atomic mass is 19.4. The van der Waals surface area contributed by atoms with Gasteiger partial charge in [-0.15, -0.1) is 0 Å². The van der Waals surface area contributed by atoms with Gasteiger partial charge in [-0.25, -0.2) is 9.97 Å².